The Morgan fingerprint density at radius 1 is 1.09 bits per heavy atom. The largest absolute Gasteiger partial charge is 0.497 e. The normalized spacial score (nSPS) is 18.6. The highest BCUT2D eigenvalue weighted by atomic mass is 35.5. The molecule has 1 aliphatic carbocycles. The number of rotatable bonds is 6. The van der Waals surface area contributed by atoms with E-state index in [0.717, 1.165) is 53.7 Å². The summed E-state index contributed by atoms with van der Waals surface area (Å²) in [5.41, 5.74) is 13.2. The first-order chi connectivity index (χ1) is 15.5. The van der Waals surface area contributed by atoms with Gasteiger partial charge in [-0.2, -0.15) is 0 Å². The molecule has 4 rings (SSSR count). The molecule has 1 heterocycles. The van der Waals surface area contributed by atoms with Crippen molar-refractivity contribution < 1.29 is 4.74 Å². The molecule has 7 nitrogen and oxygen atoms in total. The van der Waals surface area contributed by atoms with Crippen molar-refractivity contribution in [2.24, 2.45) is 16.5 Å². The smallest absolute Gasteiger partial charge is 0.186 e. The van der Waals surface area contributed by atoms with Crippen LogP contribution in [0.15, 0.2) is 47.5 Å². The maximum atomic E-state index is 5.98. The molecule has 3 aromatic rings. The Labute approximate surface area is 192 Å². The Balaban J connectivity index is 1.71. The second-order valence-corrected chi connectivity index (χ2v) is 8.29. The van der Waals surface area contributed by atoms with Crippen LogP contribution in [-0.2, 0) is 0 Å². The number of benzene rings is 2. The summed E-state index contributed by atoms with van der Waals surface area (Å²) < 4.78 is 5.42. The minimum Gasteiger partial charge on any atom is -0.497 e. The van der Waals surface area contributed by atoms with Gasteiger partial charge in [0.25, 0.3) is 0 Å². The summed E-state index contributed by atoms with van der Waals surface area (Å²) in [4.78, 5) is 14.0. The molecule has 0 spiro atoms. The lowest BCUT2D eigenvalue weighted by Crippen LogP contribution is -2.38. The highest BCUT2D eigenvalue weighted by molar-refractivity contribution is 6.30. The molecule has 2 atom stereocenters. The molecule has 1 fully saturated rings. The van der Waals surface area contributed by atoms with Crippen LogP contribution >= 0.6 is 11.6 Å². The molecule has 1 aromatic heterocycles. The predicted molar refractivity (Wildman–Crippen MR) is 132 cm³/mol. The van der Waals surface area contributed by atoms with Gasteiger partial charge in [0.05, 0.1) is 24.7 Å². The van der Waals surface area contributed by atoms with Gasteiger partial charge in [0.15, 0.2) is 11.8 Å². The Bertz CT molecular complexity index is 1140. The number of aromatic nitrogens is 2. The third-order valence-electron chi connectivity index (χ3n) is 5.58. The third-order valence-corrected chi connectivity index (χ3v) is 5.83. The van der Waals surface area contributed by atoms with Crippen molar-refractivity contribution in [1.82, 2.24) is 9.97 Å². The number of fused-ring (bicyclic) bond motifs is 1. The van der Waals surface area contributed by atoms with Gasteiger partial charge in [-0.05, 0) is 54.8 Å². The lowest BCUT2D eigenvalue weighted by Gasteiger charge is -2.30. The number of aliphatic imine (C=N–C) groups is 1. The summed E-state index contributed by atoms with van der Waals surface area (Å²) in [6.07, 6.45) is 7.98. The summed E-state index contributed by atoms with van der Waals surface area (Å²) in [6.45, 7) is 0. The van der Waals surface area contributed by atoms with Gasteiger partial charge >= 0.3 is 0 Å². The fourth-order valence-corrected chi connectivity index (χ4v) is 4.11. The summed E-state index contributed by atoms with van der Waals surface area (Å²) in [5.74, 6) is 2.21. The van der Waals surface area contributed by atoms with Gasteiger partial charge < -0.3 is 21.5 Å². The van der Waals surface area contributed by atoms with Gasteiger partial charge in [-0.3, -0.25) is 0 Å². The topological polar surface area (TPSA) is 111 Å². The number of hydrogen-bond acceptors (Lipinski definition) is 5. The summed E-state index contributed by atoms with van der Waals surface area (Å²) in [5, 5.41) is 5.19. The van der Waals surface area contributed by atoms with E-state index in [2.05, 4.69) is 10.3 Å². The number of nitrogens with one attached hydrogen (secondary N) is 1. The van der Waals surface area contributed by atoms with Crippen molar-refractivity contribution in [3.63, 3.8) is 0 Å². The quantitative estimate of drug-likeness (QED) is 0.377. The van der Waals surface area contributed by atoms with Crippen LogP contribution < -0.4 is 21.5 Å². The van der Waals surface area contributed by atoms with Gasteiger partial charge in [0, 0.05) is 10.4 Å². The lowest BCUT2D eigenvalue weighted by molar-refractivity contribution is 0.405. The Kier molecular flexibility index (Phi) is 6.75. The van der Waals surface area contributed by atoms with E-state index in [1.165, 1.54) is 0 Å². The number of halogens is 1. The Hall–Kier alpha value is -3.32. The van der Waals surface area contributed by atoms with E-state index in [4.69, 9.17) is 37.8 Å². The van der Waals surface area contributed by atoms with Crippen molar-refractivity contribution in [1.29, 1.82) is 0 Å². The summed E-state index contributed by atoms with van der Waals surface area (Å²) in [7, 11) is 1.65. The van der Waals surface area contributed by atoms with Crippen LogP contribution in [0.25, 0.3) is 23.1 Å². The molecule has 1 aliphatic rings. The van der Waals surface area contributed by atoms with Crippen LogP contribution in [0.3, 0.4) is 0 Å². The van der Waals surface area contributed by atoms with Gasteiger partial charge in [-0.25, -0.2) is 15.0 Å². The maximum absolute atomic E-state index is 5.98. The van der Waals surface area contributed by atoms with E-state index in [9.17, 15) is 0 Å². The first-order valence-electron chi connectivity index (χ1n) is 10.7. The van der Waals surface area contributed by atoms with Crippen LogP contribution in [0, 0.1) is 0 Å². The average molecular weight is 451 g/mol. The molecule has 0 bridgehead atoms. The van der Waals surface area contributed by atoms with Gasteiger partial charge in [0.2, 0.25) is 0 Å². The standard InChI is InChI=1S/C24H27ClN6O/c1-32-17-11-12-19-18(14-17)23(29-20-4-2-3-5-21(20)30-24(26)27)31-22(28-19)13-8-15-6-9-16(25)10-7-15/h6-14,20-21H,2-5H2,1H3,(H4,26,27,30)(H,28,29,31)/t20-,21+/m1/s1. The zero-order valence-electron chi connectivity index (χ0n) is 18.0. The molecule has 32 heavy (non-hydrogen) atoms. The number of hydrogen-bond donors (Lipinski definition) is 3. The van der Waals surface area contributed by atoms with Crippen LogP contribution in [0.1, 0.15) is 37.1 Å². The van der Waals surface area contributed by atoms with E-state index in [0.29, 0.717) is 10.8 Å². The van der Waals surface area contributed by atoms with Gasteiger partial charge in [-0.1, -0.05) is 42.7 Å². The molecule has 166 valence electrons. The van der Waals surface area contributed by atoms with E-state index < -0.39 is 0 Å². The first kappa shape index (κ1) is 21.9. The number of guanidine groups is 1. The van der Waals surface area contributed by atoms with Crippen molar-refractivity contribution in [2.45, 2.75) is 37.8 Å². The number of nitrogens with zero attached hydrogens (tertiary/aromatic N) is 3. The van der Waals surface area contributed by atoms with Crippen LogP contribution in [0.5, 0.6) is 5.75 Å². The van der Waals surface area contributed by atoms with Crippen molar-refractivity contribution >= 4 is 46.4 Å². The number of ether oxygens (including phenoxy) is 1. The van der Waals surface area contributed by atoms with Crippen molar-refractivity contribution in [3.8, 4) is 5.75 Å². The van der Waals surface area contributed by atoms with E-state index >= 15 is 0 Å². The molecular weight excluding hydrogens is 424 g/mol. The molecule has 5 N–H and O–H groups in total. The second-order valence-electron chi connectivity index (χ2n) is 7.85. The predicted octanol–water partition coefficient (Wildman–Crippen LogP) is 4.46. The number of anilines is 1. The molecule has 0 unspecified atom stereocenters. The fourth-order valence-electron chi connectivity index (χ4n) is 3.98. The van der Waals surface area contributed by atoms with E-state index in [1.807, 2.05) is 54.6 Å². The molecule has 0 radical (unpaired) electrons. The van der Waals surface area contributed by atoms with Gasteiger partial charge in [0.1, 0.15) is 11.6 Å². The fraction of sp³-hybridized carbons (Fsp3) is 0.292. The molecule has 0 saturated heterocycles. The maximum Gasteiger partial charge on any atom is 0.186 e. The summed E-state index contributed by atoms with van der Waals surface area (Å²) >= 11 is 5.98. The van der Waals surface area contributed by atoms with E-state index in [-0.39, 0.29) is 18.0 Å². The number of methoxy groups -OCH3 is 1. The van der Waals surface area contributed by atoms with Crippen LogP contribution in [0.2, 0.25) is 5.02 Å². The third kappa shape index (κ3) is 5.29. The zero-order chi connectivity index (χ0) is 22.5. The Morgan fingerprint density at radius 3 is 2.62 bits per heavy atom. The highest BCUT2D eigenvalue weighted by Crippen LogP contribution is 2.30. The van der Waals surface area contributed by atoms with Crippen molar-refractivity contribution in [3.05, 3.63) is 58.9 Å². The van der Waals surface area contributed by atoms with Crippen molar-refractivity contribution in [2.75, 3.05) is 12.4 Å². The Morgan fingerprint density at radius 2 is 1.88 bits per heavy atom. The molecule has 8 heteroatoms. The van der Waals surface area contributed by atoms with Gasteiger partial charge in [-0.15, -0.1) is 0 Å². The molecule has 0 aliphatic heterocycles. The number of nitrogens with two attached hydrogens (primary N) is 2. The molecule has 1 saturated carbocycles. The molecular formula is C24H27ClN6O. The lowest BCUT2D eigenvalue weighted by atomic mass is 9.90. The second kappa shape index (κ2) is 9.87. The van der Waals surface area contributed by atoms with Crippen LogP contribution in [-0.4, -0.2) is 35.1 Å². The molecule has 2 aromatic carbocycles. The SMILES string of the molecule is COc1ccc2nc(C=Cc3ccc(Cl)cc3)nc(N[C@@H]3CCCC[C@@H]3N=C(N)N)c2c1. The monoisotopic (exact) mass is 450 g/mol. The first-order valence-corrected chi connectivity index (χ1v) is 11.0. The minimum absolute atomic E-state index is 0.0115. The van der Waals surface area contributed by atoms with Crippen LogP contribution in [0.4, 0.5) is 5.82 Å². The highest BCUT2D eigenvalue weighted by Gasteiger charge is 2.26. The van der Waals surface area contributed by atoms with E-state index in [1.54, 1.807) is 7.11 Å². The molecule has 0 amide bonds. The summed E-state index contributed by atoms with van der Waals surface area (Å²) in [6, 6.07) is 13.5. The zero-order valence-corrected chi connectivity index (χ0v) is 18.7. The average Bonchev–Trinajstić information content (AvgIpc) is 2.79. The minimum atomic E-state index is 0.0115.